The predicted octanol–water partition coefficient (Wildman–Crippen LogP) is 3.10. The topological polar surface area (TPSA) is 76.1 Å². The van der Waals surface area contributed by atoms with Gasteiger partial charge < -0.3 is 14.6 Å². The van der Waals surface area contributed by atoms with E-state index in [4.69, 9.17) is 14.6 Å². The van der Waals surface area contributed by atoms with Crippen LogP contribution >= 0.6 is 11.9 Å². The lowest BCUT2D eigenvalue weighted by atomic mass is 9.87. The lowest BCUT2D eigenvalue weighted by molar-refractivity contribution is -0.151. The molecule has 0 radical (unpaired) electrons. The van der Waals surface area contributed by atoms with E-state index >= 15 is 0 Å². The van der Waals surface area contributed by atoms with E-state index < -0.39 is 11.6 Å². The second-order valence-corrected chi connectivity index (χ2v) is 8.96. The van der Waals surface area contributed by atoms with Gasteiger partial charge in [0, 0.05) is 12.6 Å². The first-order valence-corrected chi connectivity index (χ1v) is 10.1. The monoisotopic (exact) mass is 373 g/mol. The van der Waals surface area contributed by atoms with E-state index in [2.05, 4.69) is 4.31 Å². The van der Waals surface area contributed by atoms with Crippen LogP contribution in [0.2, 0.25) is 0 Å². The smallest absolute Gasteiger partial charge is 0.317 e. The fraction of sp³-hybridized carbons (Fsp3) is 0.889. The van der Waals surface area contributed by atoms with Crippen LogP contribution in [0.3, 0.4) is 0 Å². The number of nitrogens with zero attached hydrogens (tertiary/aromatic N) is 1. The van der Waals surface area contributed by atoms with Crippen LogP contribution in [0.5, 0.6) is 0 Å². The molecule has 1 heterocycles. The Labute approximate surface area is 154 Å². The molecule has 1 atom stereocenters. The number of aliphatic carboxylic acids is 1. The standard InChI is InChI=1S/C18H31NO5S/c1-18(2,3)24-16(20)12-25-19-10-4-5-14(19)11-23-15-8-6-13(7-9-15)17(21)22/h13-15H,4-12H2,1-3H3,(H,21,22)/t13?,14-,15?/m0/s1. The molecule has 1 aliphatic heterocycles. The highest BCUT2D eigenvalue weighted by Gasteiger charge is 2.30. The van der Waals surface area contributed by atoms with E-state index in [-0.39, 0.29) is 18.0 Å². The zero-order chi connectivity index (χ0) is 18.4. The van der Waals surface area contributed by atoms with Crippen LogP contribution in [-0.4, -0.2) is 58.0 Å². The molecule has 2 aliphatic rings. The van der Waals surface area contributed by atoms with Crippen LogP contribution in [0.15, 0.2) is 0 Å². The molecule has 7 heteroatoms. The number of rotatable bonds is 7. The summed E-state index contributed by atoms with van der Waals surface area (Å²) >= 11 is 1.53. The largest absolute Gasteiger partial charge is 0.481 e. The number of ether oxygens (including phenoxy) is 2. The van der Waals surface area contributed by atoms with Crippen LogP contribution in [0.4, 0.5) is 0 Å². The van der Waals surface area contributed by atoms with Crippen molar-refractivity contribution in [3.8, 4) is 0 Å². The van der Waals surface area contributed by atoms with Gasteiger partial charge in [0.05, 0.1) is 18.6 Å². The average Bonchev–Trinajstić information content (AvgIpc) is 2.97. The molecule has 1 saturated carbocycles. The van der Waals surface area contributed by atoms with Crippen molar-refractivity contribution in [3.05, 3.63) is 0 Å². The van der Waals surface area contributed by atoms with Crippen LogP contribution in [0.1, 0.15) is 59.3 Å². The van der Waals surface area contributed by atoms with Gasteiger partial charge in [0.1, 0.15) is 11.4 Å². The minimum absolute atomic E-state index is 0.175. The Kier molecular flexibility index (Phi) is 7.58. The number of carbonyl (C=O) groups excluding carboxylic acids is 1. The number of carboxylic acids is 1. The SMILES string of the molecule is CC(C)(C)OC(=O)CSN1CCC[C@H]1COC1CCC(C(=O)O)CC1. The number of esters is 1. The summed E-state index contributed by atoms with van der Waals surface area (Å²) in [6.45, 7) is 7.25. The van der Waals surface area contributed by atoms with E-state index in [0.717, 1.165) is 32.2 Å². The van der Waals surface area contributed by atoms with Crippen molar-refractivity contribution in [1.29, 1.82) is 0 Å². The summed E-state index contributed by atoms with van der Waals surface area (Å²) in [5.41, 5.74) is -0.444. The van der Waals surface area contributed by atoms with E-state index in [0.29, 0.717) is 31.2 Å². The molecule has 0 aromatic heterocycles. The van der Waals surface area contributed by atoms with Crippen LogP contribution in [0.25, 0.3) is 0 Å². The lowest BCUT2D eigenvalue weighted by Gasteiger charge is -2.29. The molecule has 1 saturated heterocycles. The molecule has 144 valence electrons. The molecule has 6 nitrogen and oxygen atoms in total. The molecule has 0 spiro atoms. The Morgan fingerprint density at radius 3 is 2.44 bits per heavy atom. The molecular weight excluding hydrogens is 342 g/mol. The van der Waals surface area contributed by atoms with Gasteiger partial charge in [-0.25, -0.2) is 4.31 Å². The summed E-state index contributed by atoms with van der Waals surface area (Å²) in [6.07, 6.45) is 5.44. The molecule has 0 aromatic rings. The van der Waals surface area contributed by atoms with Gasteiger partial charge in [0.25, 0.3) is 0 Å². The molecule has 2 rings (SSSR count). The average molecular weight is 374 g/mol. The third kappa shape index (κ3) is 7.15. The maximum atomic E-state index is 11.9. The zero-order valence-corrected chi connectivity index (χ0v) is 16.3. The van der Waals surface area contributed by atoms with Crippen molar-refractivity contribution in [2.45, 2.75) is 77.0 Å². The molecule has 1 N–H and O–H groups in total. The van der Waals surface area contributed by atoms with Gasteiger partial charge >= 0.3 is 11.9 Å². The number of carbonyl (C=O) groups is 2. The first-order chi connectivity index (χ1) is 11.7. The van der Waals surface area contributed by atoms with Crippen LogP contribution < -0.4 is 0 Å². The van der Waals surface area contributed by atoms with Crippen molar-refractivity contribution >= 4 is 23.9 Å². The van der Waals surface area contributed by atoms with E-state index in [9.17, 15) is 9.59 Å². The normalized spacial score (nSPS) is 28.0. The van der Waals surface area contributed by atoms with Crippen molar-refractivity contribution in [3.63, 3.8) is 0 Å². The minimum Gasteiger partial charge on any atom is -0.481 e. The highest BCUT2D eigenvalue weighted by Crippen LogP contribution is 2.29. The fourth-order valence-electron chi connectivity index (χ4n) is 3.38. The van der Waals surface area contributed by atoms with E-state index in [1.165, 1.54) is 11.9 Å². The van der Waals surface area contributed by atoms with Gasteiger partial charge in [0.2, 0.25) is 0 Å². The number of hydrogen-bond donors (Lipinski definition) is 1. The maximum absolute atomic E-state index is 11.9. The summed E-state index contributed by atoms with van der Waals surface area (Å²) in [4.78, 5) is 22.9. The third-order valence-corrected chi connectivity index (χ3v) is 5.82. The summed E-state index contributed by atoms with van der Waals surface area (Å²) in [5.74, 6) is -0.737. The molecule has 25 heavy (non-hydrogen) atoms. The summed E-state index contributed by atoms with van der Waals surface area (Å²) in [5, 5.41) is 9.05. The van der Waals surface area contributed by atoms with Gasteiger partial charge in [-0.3, -0.25) is 9.59 Å². The predicted molar refractivity (Wildman–Crippen MR) is 97.4 cm³/mol. The second-order valence-electron chi connectivity index (χ2n) is 7.94. The molecule has 1 aliphatic carbocycles. The summed E-state index contributed by atoms with van der Waals surface area (Å²) < 4.78 is 13.6. The molecule has 0 aromatic carbocycles. The highest BCUT2D eigenvalue weighted by molar-refractivity contribution is 7.97. The number of carboxylic acid groups (broad SMARTS) is 1. The van der Waals surface area contributed by atoms with Crippen LogP contribution in [0, 0.1) is 5.92 Å². The van der Waals surface area contributed by atoms with Gasteiger partial charge in [-0.05, 0) is 59.3 Å². The Morgan fingerprint density at radius 1 is 1.16 bits per heavy atom. The van der Waals surface area contributed by atoms with E-state index in [1.807, 2.05) is 20.8 Å². The van der Waals surface area contributed by atoms with Gasteiger partial charge in [-0.2, -0.15) is 0 Å². The third-order valence-electron chi connectivity index (χ3n) is 4.64. The van der Waals surface area contributed by atoms with Gasteiger partial charge in [-0.1, -0.05) is 11.9 Å². The lowest BCUT2D eigenvalue weighted by Crippen LogP contribution is -2.33. The summed E-state index contributed by atoms with van der Waals surface area (Å²) in [6, 6.07) is 0.324. The Balaban J connectivity index is 1.68. The second kappa shape index (κ2) is 9.24. The van der Waals surface area contributed by atoms with Crippen molar-refractivity contribution in [2.75, 3.05) is 18.9 Å². The first-order valence-electron chi connectivity index (χ1n) is 9.20. The van der Waals surface area contributed by atoms with Crippen molar-refractivity contribution in [2.24, 2.45) is 5.92 Å². The first kappa shape index (κ1) is 20.5. The highest BCUT2D eigenvalue weighted by atomic mass is 32.2. The molecule has 0 unspecified atom stereocenters. The fourth-order valence-corrected chi connectivity index (χ4v) is 4.34. The molecular formula is C18H31NO5S. The minimum atomic E-state index is -0.682. The van der Waals surface area contributed by atoms with Crippen molar-refractivity contribution in [1.82, 2.24) is 4.31 Å². The quantitative estimate of drug-likeness (QED) is 0.543. The Hall–Kier alpha value is -0.790. The molecule has 0 amide bonds. The maximum Gasteiger partial charge on any atom is 0.317 e. The molecule has 2 fully saturated rings. The van der Waals surface area contributed by atoms with E-state index in [1.54, 1.807) is 0 Å². The van der Waals surface area contributed by atoms with Gasteiger partial charge in [0.15, 0.2) is 0 Å². The van der Waals surface area contributed by atoms with Crippen LogP contribution in [-0.2, 0) is 19.1 Å². The number of hydrogen-bond acceptors (Lipinski definition) is 6. The van der Waals surface area contributed by atoms with Crippen molar-refractivity contribution < 1.29 is 24.2 Å². The van der Waals surface area contributed by atoms with Gasteiger partial charge in [-0.15, -0.1) is 0 Å². The summed E-state index contributed by atoms with van der Waals surface area (Å²) in [7, 11) is 0. The zero-order valence-electron chi connectivity index (χ0n) is 15.5. The molecule has 0 bridgehead atoms. The Morgan fingerprint density at radius 2 is 1.84 bits per heavy atom. The Bertz CT molecular complexity index is 457.